The molecule has 5 nitrogen and oxygen atoms in total. The van der Waals surface area contributed by atoms with Crippen LogP contribution >= 0.6 is 46.5 Å². The lowest BCUT2D eigenvalue weighted by molar-refractivity contribution is 0.262. The van der Waals surface area contributed by atoms with Crippen LogP contribution in [0.3, 0.4) is 0 Å². The van der Waals surface area contributed by atoms with Crippen LogP contribution in [-0.2, 0) is 0 Å². The van der Waals surface area contributed by atoms with Gasteiger partial charge in [0.1, 0.15) is 4.21 Å². The molecule has 3 N–H and O–H groups in total. The molecule has 9 heteroatoms. The fourth-order valence-electron chi connectivity index (χ4n) is 1.60. The maximum absolute atomic E-state index is 12.1. The number of aromatic hydroxyl groups is 1. The van der Waals surface area contributed by atoms with Gasteiger partial charge >= 0.3 is 6.03 Å². The molecule has 0 aliphatic carbocycles. The molecule has 1 aromatic heterocycles. The van der Waals surface area contributed by atoms with Crippen LogP contribution in [0.25, 0.3) is 0 Å². The first-order valence-corrected chi connectivity index (χ1v) is 9.43. The van der Waals surface area contributed by atoms with Crippen molar-refractivity contribution in [1.82, 2.24) is 4.31 Å². The molecule has 1 heterocycles. The summed E-state index contributed by atoms with van der Waals surface area (Å²) in [7, 11) is 1.94. The number of thiophene rings is 1. The lowest BCUT2D eigenvalue weighted by atomic mass is 10.3. The Labute approximate surface area is 159 Å². The number of nitrogens with one attached hydrogen (secondary N) is 2. The number of rotatable bonds is 5. The number of hydrogen-bond acceptors (Lipinski definition) is 5. The van der Waals surface area contributed by atoms with Gasteiger partial charge < -0.3 is 15.7 Å². The van der Waals surface area contributed by atoms with Crippen LogP contribution in [0.4, 0.5) is 16.2 Å². The van der Waals surface area contributed by atoms with Crippen LogP contribution in [-0.4, -0.2) is 28.5 Å². The van der Waals surface area contributed by atoms with Crippen LogP contribution in [0.5, 0.6) is 5.75 Å². The van der Waals surface area contributed by atoms with Crippen molar-refractivity contribution in [2.45, 2.75) is 24.1 Å². The SMILES string of the molecule is CC(C)N(C)Sc1scc(NC(=O)Nc2cccc(Cl)c2Cl)c1O. The van der Waals surface area contributed by atoms with E-state index in [2.05, 4.69) is 24.5 Å². The Kier molecular flexibility index (Phi) is 6.65. The van der Waals surface area contributed by atoms with Crippen molar-refractivity contribution in [1.29, 1.82) is 0 Å². The molecule has 0 saturated carbocycles. The summed E-state index contributed by atoms with van der Waals surface area (Å²) in [6, 6.07) is 4.76. The maximum atomic E-state index is 12.1. The highest BCUT2D eigenvalue weighted by molar-refractivity contribution is 7.99. The van der Waals surface area contributed by atoms with Crippen LogP contribution in [0, 0.1) is 0 Å². The molecule has 0 fully saturated rings. The van der Waals surface area contributed by atoms with E-state index in [1.807, 2.05) is 11.4 Å². The average Bonchev–Trinajstić information content (AvgIpc) is 2.85. The van der Waals surface area contributed by atoms with E-state index in [4.69, 9.17) is 23.2 Å². The summed E-state index contributed by atoms with van der Waals surface area (Å²) in [5.41, 5.74) is 0.737. The molecule has 0 aliphatic rings. The van der Waals surface area contributed by atoms with Gasteiger partial charge in [-0.15, -0.1) is 11.3 Å². The minimum atomic E-state index is -0.513. The predicted molar refractivity (Wildman–Crippen MR) is 104 cm³/mol. The van der Waals surface area contributed by atoms with Gasteiger partial charge in [-0.1, -0.05) is 29.3 Å². The highest BCUT2D eigenvalue weighted by Gasteiger charge is 2.17. The Hall–Kier alpha value is -1.12. The second kappa shape index (κ2) is 8.31. The number of amides is 2. The molecule has 0 radical (unpaired) electrons. The molecule has 130 valence electrons. The predicted octanol–water partition coefficient (Wildman–Crippen LogP) is 5.75. The molecule has 1 aromatic carbocycles. The average molecular weight is 406 g/mol. The normalized spacial score (nSPS) is 11.1. The van der Waals surface area contributed by atoms with Crippen molar-refractivity contribution in [2.75, 3.05) is 17.7 Å². The molecule has 0 aliphatic heterocycles. The minimum absolute atomic E-state index is 0.0461. The Bertz CT molecular complexity index is 738. The van der Waals surface area contributed by atoms with E-state index in [-0.39, 0.29) is 10.8 Å². The van der Waals surface area contributed by atoms with Gasteiger partial charge in [0.25, 0.3) is 0 Å². The van der Waals surface area contributed by atoms with Crippen LogP contribution in [0.1, 0.15) is 13.8 Å². The summed E-state index contributed by atoms with van der Waals surface area (Å²) in [6.45, 7) is 4.11. The lowest BCUT2D eigenvalue weighted by Gasteiger charge is -2.18. The molecule has 2 rings (SSSR count). The zero-order chi connectivity index (χ0) is 17.9. The first kappa shape index (κ1) is 19.2. The monoisotopic (exact) mass is 405 g/mol. The number of benzene rings is 1. The number of carbonyl (C=O) groups excluding carboxylic acids is 1. The summed E-state index contributed by atoms with van der Waals surface area (Å²) in [5.74, 6) is 0.0461. The van der Waals surface area contributed by atoms with Gasteiger partial charge in [0.2, 0.25) is 0 Å². The van der Waals surface area contributed by atoms with Gasteiger partial charge in [0.15, 0.2) is 5.75 Å². The van der Waals surface area contributed by atoms with Crippen LogP contribution in [0.15, 0.2) is 27.8 Å². The molecule has 0 unspecified atom stereocenters. The van der Waals surface area contributed by atoms with Crippen molar-refractivity contribution in [3.8, 4) is 5.75 Å². The van der Waals surface area contributed by atoms with Gasteiger partial charge in [-0.05, 0) is 45.0 Å². The number of halogens is 2. The topological polar surface area (TPSA) is 64.6 Å². The third-order valence-corrected chi connectivity index (χ3v) is 6.30. The molecule has 24 heavy (non-hydrogen) atoms. The second-order valence-corrected chi connectivity index (χ2v) is 8.29. The van der Waals surface area contributed by atoms with E-state index in [1.165, 1.54) is 23.3 Å². The highest BCUT2D eigenvalue weighted by Crippen LogP contribution is 2.42. The molecule has 0 saturated heterocycles. The number of anilines is 2. The standard InChI is InChI=1S/C15H17Cl2N3O2S2/c1-8(2)20(3)24-14-13(21)11(7-23-14)19-15(22)18-10-6-4-5-9(16)12(10)17/h4-8,21H,1-3H3,(H2,18,19,22). The molecule has 0 bridgehead atoms. The lowest BCUT2D eigenvalue weighted by Crippen LogP contribution is -2.19. The van der Waals surface area contributed by atoms with Gasteiger partial charge in [-0.3, -0.25) is 0 Å². The zero-order valence-corrected chi connectivity index (χ0v) is 16.4. The third-order valence-electron chi connectivity index (χ3n) is 3.13. The Morgan fingerprint density at radius 3 is 2.62 bits per heavy atom. The quantitative estimate of drug-likeness (QED) is 0.553. The first-order chi connectivity index (χ1) is 11.3. The summed E-state index contributed by atoms with van der Waals surface area (Å²) < 4.78 is 2.73. The maximum Gasteiger partial charge on any atom is 0.323 e. The van der Waals surface area contributed by atoms with E-state index in [0.29, 0.717) is 26.6 Å². The largest absolute Gasteiger partial charge is 0.504 e. The number of nitrogens with zero attached hydrogens (tertiary/aromatic N) is 1. The van der Waals surface area contributed by atoms with E-state index in [1.54, 1.807) is 23.6 Å². The van der Waals surface area contributed by atoms with Crippen molar-refractivity contribution in [2.24, 2.45) is 0 Å². The number of carbonyl (C=O) groups is 1. The van der Waals surface area contributed by atoms with E-state index in [9.17, 15) is 9.90 Å². The summed E-state index contributed by atoms with van der Waals surface area (Å²) in [5, 5.41) is 17.8. The van der Waals surface area contributed by atoms with Crippen molar-refractivity contribution < 1.29 is 9.90 Å². The van der Waals surface area contributed by atoms with Crippen molar-refractivity contribution in [3.05, 3.63) is 33.6 Å². The van der Waals surface area contributed by atoms with Crippen molar-refractivity contribution in [3.63, 3.8) is 0 Å². The molecule has 2 amide bonds. The van der Waals surface area contributed by atoms with Gasteiger partial charge in [0, 0.05) is 11.4 Å². The molecule has 0 atom stereocenters. The Balaban J connectivity index is 2.04. The van der Waals surface area contributed by atoms with Crippen molar-refractivity contribution >= 4 is 63.9 Å². The highest BCUT2D eigenvalue weighted by atomic mass is 35.5. The van der Waals surface area contributed by atoms with Gasteiger partial charge in [0.05, 0.1) is 21.4 Å². The molecular weight excluding hydrogens is 389 g/mol. The Morgan fingerprint density at radius 1 is 1.29 bits per heavy atom. The summed E-state index contributed by atoms with van der Waals surface area (Å²) >= 11 is 14.7. The van der Waals surface area contributed by atoms with E-state index >= 15 is 0 Å². The number of hydrogen-bond donors (Lipinski definition) is 3. The van der Waals surface area contributed by atoms with Gasteiger partial charge in [-0.25, -0.2) is 9.10 Å². The molecular formula is C15H17Cl2N3O2S2. The molecule has 0 spiro atoms. The number of urea groups is 1. The minimum Gasteiger partial charge on any atom is -0.504 e. The summed E-state index contributed by atoms with van der Waals surface area (Å²) in [6.07, 6.45) is 0. The molecule has 2 aromatic rings. The zero-order valence-electron chi connectivity index (χ0n) is 13.3. The van der Waals surface area contributed by atoms with Crippen LogP contribution < -0.4 is 10.6 Å². The van der Waals surface area contributed by atoms with Gasteiger partial charge in [-0.2, -0.15) is 0 Å². The Morgan fingerprint density at radius 2 is 1.96 bits per heavy atom. The first-order valence-electron chi connectivity index (χ1n) is 7.03. The third kappa shape index (κ3) is 4.70. The second-order valence-electron chi connectivity index (χ2n) is 5.20. The fraction of sp³-hybridized carbons (Fsp3) is 0.267. The van der Waals surface area contributed by atoms with E-state index < -0.39 is 6.03 Å². The smallest absolute Gasteiger partial charge is 0.323 e. The summed E-state index contributed by atoms with van der Waals surface area (Å²) in [4.78, 5) is 12.1. The van der Waals surface area contributed by atoms with E-state index in [0.717, 1.165) is 0 Å². The fourth-order valence-corrected chi connectivity index (χ4v) is 3.90. The van der Waals surface area contributed by atoms with Crippen LogP contribution in [0.2, 0.25) is 10.0 Å².